The second-order valence-corrected chi connectivity index (χ2v) is 10.5. The van der Waals surface area contributed by atoms with Crippen LogP contribution in [-0.2, 0) is 14.8 Å². The molecule has 4 aromatic rings. The van der Waals surface area contributed by atoms with Crippen molar-refractivity contribution in [1.82, 2.24) is 9.71 Å². The number of furan rings is 1. The zero-order valence-electron chi connectivity index (χ0n) is 17.7. The average molecular weight is 541 g/mol. The number of nitrogens with zero attached hydrogens (tertiary/aromatic N) is 4. The third kappa shape index (κ3) is 5.93. The first kappa shape index (κ1) is 23.3. The number of hydrogen-bond donors (Lipinski definition) is 2. The van der Waals surface area contributed by atoms with Crippen LogP contribution in [0.2, 0.25) is 0 Å². The summed E-state index contributed by atoms with van der Waals surface area (Å²) in [4.78, 5) is 15.7. The summed E-state index contributed by atoms with van der Waals surface area (Å²) in [6, 6.07) is 18.9. The molecule has 0 aliphatic rings. The standard InChI is InChI=1S/C22H18N6O4SSe/c1-15(29)28-33(30,31)19-11-9-17(10-12-19)25-26-21-20(16-6-3-2-4-7-16)24-22(34-21)27-23-14-18-8-5-13-32-18/h2-14H,1H3,(H,24,27)(H,28,29)/b23-14+,26-25?. The summed E-state index contributed by atoms with van der Waals surface area (Å²) in [5, 5.41) is 12.8. The van der Waals surface area contributed by atoms with Crippen molar-refractivity contribution in [2.45, 2.75) is 11.8 Å². The van der Waals surface area contributed by atoms with Crippen molar-refractivity contribution < 1.29 is 17.6 Å². The molecule has 0 atom stereocenters. The van der Waals surface area contributed by atoms with Gasteiger partial charge < -0.3 is 0 Å². The van der Waals surface area contributed by atoms with Gasteiger partial charge in [-0.1, -0.05) is 0 Å². The Hall–Kier alpha value is -3.86. The number of nitrogens with one attached hydrogen (secondary N) is 2. The van der Waals surface area contributed by atoms with E-state index in [9.17, 15) is 13.2 Å². The van der Waals surface area contributed by atoms with Crippen LogP contribution >= 0.6 is 0 Å². The van der Waals surface area contributed by atoms with Crippen molar-refractivity contribution in [3.8, 4) is 11.3 Å². The van der Waals surface area contributed by atoms with Gasteiger partial charge in [-0.15, -0.1) is 0 Å². The normalized spacial score (nSPS) is 11.8. The Balaban J connectivity index is 1.57. The first-order valence-electron chi connectivity index (χ1n) is 9.85. The SMILES string of the molecule is CC(=O)NS(=O)(=O)c1ccc(N=Nc2[se]c(N/N=C/c3ccco3)nc2-c2ccccc2)cc1. The van der Waals surface area contributed by atoms with Gasteiger partial charge in [0.15, 0.2) is 0 Å². The Labute approximate surface area is 201 Å². The molecule has 2 heterocycles. The van der Waals surface area contributed by atoms with Crippen LogP contribution in [0, 0.1) is 0 Å². The second kappa shape index (κ2) is 10.4. The summed E-state index contributed by atoms with van der Waals surface area (Å²) in [6.45, 7) is 1.13. The van der Waals surface area contributed by atoms with Gasteiger partial charge in [0.2, 0.25) is 0 Å². The van der Waals surface area contributed by atoms with Crippen molar-refractivity contribution in [2.24, 2.45) is 15.3 Å². The van der Waals surface area contributed by atoms with Crippen LogP contribution in [0.4, 0.5) is 14.9 Å². The molecule has 12 heteroatoms. The molecule has 0 unspecified atom stereocenters. The van der Waals surface area contributed by atoms with Crippen LogP contribution in [-0.4, -0.2) is 40.0 Å². The van der Waals surface area contributed by atoms with Crippen molar-refractivity contribution in [1.29, 1.82) is 0 Å². The van der Waals surface area contributed by atoms with Crippen LogP contribution in [0.25, 0.3) is 11.3 Å². The molecule has 4 rings (SSSR count). The molecule has 0 aliphatic heterocycles. The quantitative estimate of drug-likeness (QED) is 0.149. The van der Waals surface area contributed by atoms with Gasteiger partial charge in [-0.25, -0.2) is 0 Å². The summed E-state index contributed by atoms with van der Waals surface area (Å²) in [7, 11) is -3.91. The van der Waals surface area contributed by atoms with Crippen molar-refractivity contribution in [3.05, 3.63) is 78.8 Å². The maximum absolute atomic E-state index is 12.1. The number of hydrogen-bond acceptors (Lipinski definition) is 9. The van der Waals surface area contributed by atoms with E-state index in [0.29, 0.717) is 26.4 Å². The van der Waals surface area contributed by atoms with Gasteiger partial charge >= 0.3 is 202 Å². The van der Waals surface area contributed by atoms with Gasteiger partial charge in [0.1, 0.15) is 0 Å². The molecule has 0 radical (unpaired) electrons. The molecule has 10 nitrogen and oxygen atoms in total. The van der Waals surface area contributed by atoms with Crippen LogP contribution < -0.4 is 10.1 Å². The summed E-state index contributed by atoms with van der Waals surface area (Å²) in [6.07, 6.45) is 3.12. The third-order valence-electron chi connectivity index (χ3n) is 4.23. The van der Waals surface area contributed by atoms with Crippen LogP contribution in [0.15, 0.2) is 97.6 Å². The number of carbonyl (C=O) groups excluding carboxylic acids is 1. The van der Waals surface area contributed by atoms with E-state index in [0.717, 1.165) is 12.5 Å². The Bertz CT molecular complexity index is 1430. The maximum atomic E-state index is 12.1. The molecule has 34 heavy (non-hydrogen) atoms. The van der Waals surface area contributed by atoms with Gasteiger partial charge in [-0.05, 0) is 0 Å². The number of amides is 1. The van der Waals surface area contributed by atoms with E-state index in [-0.39, 0.29) is 19.4 Å². The van der Waals surface area contributed by atoms with Gasteiger partial charge in [0.25, 0.3) is 0 Å². The molecule has 0 saturated carbocycles. The summed E-state index contributed by atoms with van der Waals surface area (Å²) >= 11 is -0.288. The second-order valence-electron chi connectivity index (χ2n) is 6.78. The minimum absolute atomic E-state index is 0.0415. The van der Waals surface area contributed by atoms with E-state index < -0.39 is 15.9 Å². The van der Waals surface area contributed by atoms with E-state index in [1.807, 2.05) is 35.1 Å². The Kier molecular flexibility index (Phi) is 7.12. The monoisotopic (exact) mass is 542 g/mol. The van der Waals surface area contributed by atoms with Crippen LogP contribution in [0.1, 0.15) is 12.7 Å². The molecule has 0 aliphatic carbocycles. The zero-order valence-corrected chi connectivity index (χ0v) is 20.3. The topological polar surface area (TPSA) is 138 Å². The number of rotatable bonds is 8. The molecule has 0 saturated heterocycles. The van der Waals surface area contributed by atoms with Crippen LogP contribution in [0.5, 0.6) is 0 Å². The Morgan fingerprint density at radius 3 is 2.47 bits per heavy atom. The molecular weight excluding hydrogens is 523 g/mol. The Morgan fingerprint density at radius 2 is 1.79 bits per heavy atom. The van der Waals surface area contributed by atoms with Crippen molar-refractivity contribution >= 4 is 51.6 Å². The van der Waals surface area contributed by atoms with Gasteiger partial charge in [-0.3, -0.25) is 0 Å². The number of sulfonamides is 1. The van der Waals surface area contributed by atoms with Crippen LogP contribution in [0.3, 0.4) is 0 Å². The number of anilines is 1. The van der Waals surface area contributed by atoms with E-state index in [4.69, 9.17) is 4.42 Å². The zero-order chi connectivity index (χ0) is 24.0. The molecule has 0 bridgehead atoms. The fraction of sp³-hybridized carbons (Fsp3) is 0.0455. The predicted molar refractivity (Wildman–Crippen MR) is 128 cm³/mol. The van der Waals surface area contributed by atoms with E-state index in [1.165, 1.54) is 24.3 Å². The van der Waals surface area contributed by atoms with Gasteiger partial charge in [0, 0.05) is 0 Å². The molecule has 2 aromatic carbocycles. The molecular formula is C22H18N6O4SSe. The van der Waals surface area contributed by atoms with Crippen molar-refractivity contribution in [3.63, 3.8) is 0 Å². The fourth-order valence-electron chi connectivity index (χ4n) is 2.77. The fourth-order valence-corrected chi connectivity index (χ4v) is 5.36. The van der Waals surface area contributed by atoms with E-state index >= 15 is 0 Å². The average Bonchev–Trinajstić information content (AvgIpc) is 3.48. The molecule has 2 N–H and O–H groups in total. The summed E-state index contributed by atoms with van der Waals surface area (Å²) in [5.74, 6) is -0.0516. The van der Waals surface area contributed by atoms with Crippen molar-refractivity contribution in [2.75, 3.05) is 5.43 Å². The number of hydrazone groups is 1. The number of benzene rings is 2. The number of aromatic nitrogens is 1. The van der Waals surface area contributed by atoms with E-state index in [2.05, 4.69) is 25.7 Å². The summed E-state index contributed by atoms with van der Waals surface area (Å²) in [5.41, 5.74) is 4.96. The molecule has 2 aromatic heterocycles. The van der Waals surface area contributed by atoms with Gasteiger partial charge in [-0.2, -0.15) is 0 Å². The summed E-state index contributed by atoms with van der Waals surface area (Å²) < 4.78 is 32.7. The third-order valence-corrected chi connectivity index (χ3v) is 7.45. The molecule has 0 spiro atoms. The molecule has 1 amide bonds. The van der Waals surface area contributed by atoms with E-state index in [1.54, 1.807) is 24.6 Å². The van der Waals surface area contributed by atoms with Gasteiger partial charge in [0.05, 0.1) is 0 Å². The number of carbonyl (C=O) groups is 1. The first-order valence-corrected chi connectivity index (χ1v) is 13.0. The first-order chi connectivity index (χ1) is 16.4. The Morgan fingerprint density at radius 1 is 1.03 bits per heavy atom. The number of azo groups is 1. The molecule has 0 fully saturated rings. The minimum atomic E-state index is -3.91. The predicted octanol–water partition coefficient (Wildman–Crippen LogP) is 4.08. The molecule has 172 valence electrons.